The minimum atomic E-state index is -0.494. The first-order chi connectivity index (χ1) is 11.2. The summed E-state index contributed by atoms with van der Waals surface area (Å²) in [6.45, 7) is 2.45. The van der Waals surface area contributed by atoms with Crippen LogP contribution in [0.15, 0.2) is 59.2 Å². The zero-order valence-corrected chi connectivity index (χ0v) is 13.2. The molecule has 0 saturated carbocycles. The Kier molecular flexibility index (Phi) is 4.44. The molecule has 5 heteroatoms. The highest BCUT2D eigenvalue weighted by Crippen LogP contribution is 2.25. The summed E-state index contributed by atoms with van der Waals surface area (Å²) in [5.41, 5.74) is 1.66. The van der Waals surface area contributed by atoms with Crippen molar-refractivity contribution in [3.05, 3.63) is 70.4 Å². The van der Waals surface area contributed by atoms with Crippen LogP contribution >= 0.6 is 11.6 Å². The van der Waals surface area contributed by atoms with Crippen molar-refractivity contribution in [1.82, 2.24) is 0 Å². The van der Waals surface area contributed by atoms with Gasteiger partial charge < -0.3 is 9.47 Å². The molecule has 1 aliphatic rings. The Morgan fingerprint density at radius 3 is 2.83 bits per heavy atom. The van der Waals surface area contributed by atoms with Crippen LogP contribution in [-0.2, 0) is 9.53 Å². The largest absolute Gasteiger partial charge is 0.493 e. The fourth-order valence-electron chi connectivity index (χ4n) is 2.19. The Morgan fingerprint density at radius 2 is 2.04 bits per heavy atom. The van der Waals surface area contributed by atoms with Gasteiger partial charge in [-0.3, -0.25) is 0 Å². The van der Waals surface area contributed by atoms with Crippen LogP contribution in [0, 0.1) is 0 Å². The van der Waals surface area contributed by atoms with Crippen molar-refractivity contribution >= 4 is 29.5 Å². The van der Waals surface area contributed by atoms with Crippen molar-refractivity contribution in [3.8, 4) is 5.75 Å². The van der Waals surface area contributed by atoms with Crippen molar-refractivity contribution < 1.29 is 14.3 Å². The summed E-state index contributed by atoms with van der Waals surface area (Å²) in [6, 6.07) is 14.5. The molecule has 0 spiro atoms. The Morgan fingerprint density at radius 1 is 1.22 bits per heavy atom. The molecule has 0 aliphatic carbocycles. The molecule has 1 aliphatic heterocycles. The molecule has 3 rings (SSSR count). The quantitative estimate of drug-likeness (QED) is 0.628. The molecule has 0 fully saturated rings. The van der Waals surface area contributed by atoms with E-state index < -0.39 is 5.97 Å². The van der Waals surface area contributed by atoms with Crippen LogP contribution in [0.1, 0.15) is 18.1 Å². The highest BCUT2D eigenvalue weighted by Gasteiger charge is 2.24. The minimum absolute atomic E-state index is 0.229. The number of hydrogen-bond acceptors (Lipinski definition) is 4. The molecule has 0 aromatic heterocycles. The van der Waals surface area contributed by atoms with Gasteiger partial charge in [-0.15, -0.1) is 0 Å². The number of halogens is 1. The molecule has 116 valence electrons. The lowest BCUT2D eigenvalue weighted by Crippen LogP contribution is -2.05. The van der Waals surface area contributed by atoms with Gasteiger partial charge in [0.15, 0.2) is 5.70 Å². The summed E-state index contributed by atoms with van der Waals surface area (Å²) >= 11 is 5.95. The topological polar surface area (TPSA) is 47.9 Å². The van der Waals surface area contributed by atoms with E-state index >= 15 is 0 Å². The lowest BCUT2D eigenvalue weighted by Gasteiger charge is -2.06. The predicted molar refractivity (Wildman–Crippen MR) is 89.7 cm³/mol. The maximum absolute atomic E-state index is 12.0. The second kappa shape index (κ2) is 6.67. The summed E-state index contributed by atoms with van der Waals surface area (Å²) in [5, 5.41) is 0.556. The van der Waals surface area contributed by atoms with E-state index in [-0.39, 0.29) is 11.6 Å². The molecule has 2 aromatic rings. The average Bonchev–Trinajstić information content (AvgIpc) is 2.91. The molecule has 2 aromatic carbocycles. The number of esters is 1. The van der Waals surface area contributed by atoms with Crippen molar-refractivity contribution in [3.63, 3.8) is 0 Å². The molecule has 0 atom stereocenters. The summed E-state index contributed by atoms with van der Waals surface area (Å²) < 4.78 is 10.8. The molecule has 0 unspecified atom stereocenters. The van der Waals surface area contributed by atoms with Gasteiger partial charge in [-0.05, 0) is 37.3 Å². The van der Waals surface area contributed by atoms with Gasteiger partial charge in [0.1, 0.15) is 5.75 Å². The van der Waals surface area contributed by atoms with Gasteiger partial charge in [0.05, 0.1) is 6.61 Å². The predicted octanol–water partition coefficient (Wildman–Crippen LogP) is 4.08. The fourth-order valence-corrected chi connectivity index (χ4v) is 2.38. The summed E-state index contributed by atoms with van der Waals surface area (Å²) in [7, 11) is 0. The van der Waals surface area contributed by atoms with Crippen LogP contribution in [0.25, 0.3) is 6.08 Å². The summed E-state index contributed by atoms with van der Waals surface area (Å²) in [5.74, 6) is 0.450. The van der Waals surface area contributed by atoms with E-state index in [2.05, 4.69) is 4.99 Å². The Labute approximate surface area is 139 Å². The standard InChI is InChI=1S/C18H14ClNO3/c1-2-22-16-9-4-3-6-12(16)11-15-18(21)23-17(20-15)13-7-5-8-14(19)10-13/h3-11H,2H2,1H3/b15-11+. The molecule has 0 radical (unpaired) electrons. The molecular weight excluding hydrogens is 314 g/mol. The number of carbonyl (C=O) groups excluding carboxylic acids is 1. The van der Waals surface area contributed by atoms with E-state index in [1.54, 1.807) is 30.3 Å². The first kappa shape index (κ1) is 15.3. The maximum atomic E-state index is 12.0. The van der Waals surface area contributed by atoms with E-state index in [1.165, 1.54) is 0 Å². The van der Waals surface area contributed by atoms with E-state index in [1.807, 2.05) is 31.2 Å². The van der Waals surface area contributed by atoms with Crippen LogP contribution in [0.3, 0.4) is 0 Å². The Hall–Kier alpha value is -2.59. The van der Waals surface area contributed by atoms with Gasteiger partial charge in [-0.25, -0.2) is 9.79 Å². The first-order valence-corrected chi connectivity index (χ1v) is 7.55. The number of hydrogen-bond donors (Lipinski definition) is 0. The number of benzene rings is 2. The van der Waals surface area contributed by atoms with Gasteiger partial charge >= 0.3 is 5.97 Å². The smallest absolute Gasteiger partial charge is 0.363 e. The fraction of sp³-hybridized carbons (Fsp3) is 0.111. The van der Waals surface area contributed by atoms with Gasteiger partial charge in [0.2, 0.25) is 5.90 Å². The minimum Gasteiger partial charge on any atom is -0.493 e. The van der Waals surface area contributed by atoms with Crippen LogP contribution < -0.4 is 4.74 Å². The molecule has 0 amide bonds. The van der Waals surface area contributed by atoms with E-state index in [4.69, 9.17) is 21.1 Å². The normalized spacial score (nSPS) is 15.5. The molecule has 0 N–H and O–H groups in total. The second-order valence-corrected chi connectivity index (χ2v) is 5.25. The summed E-state index contributed by atoms with van der Waals surface area (Å²) in [4.78, 5) is 16.3. The summed E-state index contributed by atoms with van der Waals surface area (Å²) in [6.07, 6.45) is 1.66. The second-order valence-electron chi connectivity index (χ2n) is 4.82. The third-order valence-electron chi connectivity index (χ3n) is 3.20. The average molecular weight is 328 g/mol. The molecule has 4 nitrogen and oxygen atoms in total. The van der Waals surface area contributed by atoms with Crippen LogP contribution in [-0.4, -0.2) is 18.5 Å². The lowest BCUT2D eigenvalue weighted by molar-refractivity contribution is -0.129. The zero-order chi connectivity index (χ0) is 16.2. The van der Waals surface area contributed by atoms with E-state index in [0.29, 0.717) is 22.9 Å². The Bertz CT molecular complexity index is 811. The Balaban J connectivity index is 1.95. The maximum Gasteiger partial charge on any atom is 0.363 e. The number of cyclic esters (lactones) is 1. The number of rotatable bonds is 4. The number of aliphatic imine (C=N–C) groups is 1. The van der Waals surface area contributed by atoms with Crippen molar-refractivity contribution in [1.29, 1.82) is 0 Å². The SMILES string of the molecule is CCOc1ccccc1/C=C1/N=C(c2cccc(Cl)c2)OC1=O. The van der Waals surface area contributed by atoms with Crippen LogP contribution in [0.5, 0.6) is 5.75 Å². The van der Waals surface area contributed by atoms with E-state index in [9.17, 15) is 4.79 Å². The third kappa shape index (κ3) is 3.43. The molecule has 0 bridgehead atoms. The van der Waals surface area contributed by atoms with E-state index in [0.717, 1.165) is 5.56 Å². The lowest BCUT2D eigenvalue weighted by atomic mass is 10.1. The molecular formula is C18H14ClNO3. The number of nitrogens with zero attached hydrogens (tertiary/aromatic N) is 1. The number of ether oxygens (including phenoxy) is 2. The van der Waals surface area contributed by atoms with Crippen molar-refractivity contribution in [2.45, 2.75) is 6.92 Å². The molecule has 23 heavy (non-hydrogen) atoms. The van der Waals surface area contributed by atoms with Gasteiger partial charge in [0.25, 0.3) is 0 Å². The first-order valence-electron chi connectivity index (χ1n) is 7.17. The highest BCUT2D eigenvalue weighted by atomic mass is 35.5. The number of para-hydroxylation sites is 1. The monoisotopic (exact) mass is 327 g/mol. The highest BCUT2D eigenvalue weighted by molar-refractivity contribution is 6.31. The van der Waals surface area contributed by atoms with Crippen LogP contribution in [0.2, 0.25) is 5.02 Å². The van der Waals surface area contributed by atoms with Crippen molar-refractivity contribution in [2.75, 3.05) is 6.61 Å². The molecule has 1 heterocycles. The van der Waals surface area contributed by atoms with Gasteiger partial charge in [0, 0.05) is 16.1 Å². The van der Waals surface area contributed by atoms with Gasteiger partial charge in [-0.2, -0.15) is 0 Å². The zero-order valence-electron chi connectivity index (χ0n) is 12.5. The van der Waals surface area contributed by atoms with Gasteiger partial charge in [-0.1, -0.05) is 35.9 Å². The molecule has 0 saturated heterocycles. The van der Waals surface area contributed by atoms with Crippen molar-refractivity contribution in [2.24, 2.45) is 4.99 Å². The van der Waals surface area contributed by atoms with Crippen LogP contribution in [0.4, 0.5) is 0 Å². The third-order valence-corrected chi connectivity index (χ3v) is 3.44. The number of carbonyl (C=O) groups is 1.